The number of hydrogen-bond donors (Lipinski definition) is 1. The smallest absolute Gasteiger partial charge is 0.254 e. The maximum absolute atomic E-state index is 13.5. The number of halogens is 1. The van der Waals surface area contributed by atoms with Gasteiger partial charge in [0.15, 0.2) is 0 Å². The van der Waals surface area contributed by atoms with Crippen LogP contribution in [0.3, 0.4) is 0 Å². The Balaban J connectivity index is 1.51. The lowest BCUT2D eigenvalue weighted by Crippen LogP contribution is -2.35. The first kappa shape index (κ1) is 19.8. The zero-order valence-corrected chi connectivity index (χ0v) is 16.5. The van der Waals surface area contributed by atoms with E-state index in [0.29, 0.717) is 36.5 Å². The molecular weight excluding hydrogens is 387 g/mol. The summed E-state index contributed by atoms with van der Waals surface area (Å²) in [6.45, 7) is 0.884. The number of benzene rings is 2. The van der Waals surface area contributed by atoms with Gasteiger partial charge in [-0.05, 0) is 36.4 Å². The Morgan fingerprint density at radius 3 is 2.80 bits per heavy atom. The zero-order valence-electron chi connectivity index (χ0n) is 16.5. The summed E-state index contributed by atoms with van der Waals surface area (Å²) in [7, 11) is 1.46. The fourth-order valence-corrected chi connectivity index (χ4v) is 3.53. The molecule has 0 saturated heterocycles. The Bertz CT molecular complexity index is 1090. The minimum Gasteiger partial charge on any atom is -0.461 e. The van der Waals surface area contributed by atoms with E-state index >= 15 is 0 Å². The van der Waals surface area contributed by atoms with Crippen molar-refractivity contribution in [3.63, 3.8) is 0 Å². The molecule has 2 aromatic carbocycles. The first-order valence-corrected chi connectivity index (χ1v) is 9.59. The fourth-order valence-electron chi connectivity index (χ4n) is 3.53. The minimum absolute atomic E-state index is 0.0194. The van der Waals surface area contributed by atoms with Crippen molar-refractivity contribution in [2.45, 2.75) is 13.0 Å². The molecule has 0 radical (unpaired) electrons. The molecule has 7 heteroatoms. The number of nitrogens with one attached hydrogen (secondary N) is 1. The van der Waals surface area contributed by atoms with Gasteiger partial charge in [-0.2, -0.15) is 0 Å². The lowest BCUT2D eigenvalue weighted by molar-refractivity contribution is -0.119. The van der Waals surface area contributed by atoms with Crippen LogP contribution in [-0.4, -0.2) is 37.0 Å². The van der Waals surface area contributed by atoms with Gasteiger partial charge in [0.25, 0.3) is 5.91 Å². The topological polar surface area (TPSA) is 71.8 Å². The second-order valence-electron chi connectivity index (χ2n) is 7.11. The van der Waals surface area contributed by atoms with Gasteiger partial charge in [-0.15, -0.1) is 0 Å². The van der Waals surface area contributed by atoms with Crippen molar-refractivity contribution in [1.82, 2.24) is 4.90 Å². The van der Waals surface area contributed by atoms with Crippen molar-refractivity contribution >= 4 is 17.5 Å². The van der Waals surface area contributed by atoms with Gasteiger partial charge in [-0.3, -0.25) is 9.59 Å². The van der Waals surface area contributed by atoms with Gasteiger partial charge in [0, 0.05) is 49.0 Å². The standard InChI is InChI=1S/C23H21FN2O4/c1-29-14-22(27)25-19-7-3-4-15(11-19)21-12-17-13-26(9-8-20(17)30-21)23(28)16-5-2-6-18(24)10-16/h2-7,10-12H,8-9,13-14H2,1H3,(H,25,27). The highest BCUT2D eigenvalue weighted by atomic mass is 19.1. The number of carbonyl (C=O) groups excluding carboxylic acids is 2. The van der Waals surface area contributed by atoms with E-state index in [9.17, 15) is 14.0 Å². The molecule has 3 aromatic rings. The van der Waals surface area contributed by atoms with Crippen molar-refractivity contribution < 1.29 is 23.1 Å². The maximum atomic E-state index is 13.5. The number of amides is 2. The zero-order chi connectivity index (χ0) is 21.1. The number of carbonyl (C=O) groups is 2. The summed E-state index contributed by atoms with van der Waals surface area (Å²) in [5.41, 5.74) is 2.73. The van der Waals surface area contributed by atoms with Crippen LogP contribution in [0.1, 0.15) is 21.7 Å². The van der Waals surface area contributed by atoms with Crippen LogP contribution in [0.2, 0.25) is 0 Å². The quantitative estimate of drug-likeness (QED) is 0.696. The number of nitrogens with zero attached hydrogens (tertiary/aromatic N) is 1. The van der Waals surface area contributed by atoms with Gasteiger partial charge >= 0.3 is 0 Å². The molecule has 1 aromatic heterocycles. The summed E-state index contributed by atoms with van der Waals surface area (Å²) in [5, 5.41) is 2.77. The first-order chi connectivity index (χ1) is 14.5. The van der Waals surface area contributed by atoms with E-state index in [2.05, 4.69) is 5.32 Å². The predicted molar refractivity (Wildman–Crippen MR) is 109 cm³/mol. The number of methoxy groups -OCH3 is 1. The molecule has 1 aliphatic heterocycles. The molecular formula is C23H21FN2O4. The van der Waals surface area contributed by atoms with E-state index in [0.717, 1.165) is 16.9 Å². The summed E-state index contributed by atoms with van der Waals surface area (Å²) in [6.07, 6.45) is 0.584. The van der Waals surface area contributed by atoms with Crippen molar-refractivity contribution in [3.05, 3.63) is 77.3 Å². The van der Waals surface area contributed by atoms with E-state index in [1.807, 2.05) is 24.3 Å². The van der Waals surface area contributed by atoms with Crippen LogP contribution in [-0.2, 0) is 22.5 Å². The van der Waals surface area contributed by atoms with E-state index in [1.165, 1.54) is 25.3 Å². The third-order valence-electron chi connectivity index (χ3n) is 4.93. The number of furan rings is 1. The van der Waals surface area contributed by atoms with E-state index in [4.69, 9.17) is 9.15 Å². The molecule has 2 heterocycles. The summed E-state index contributed by atoms with van der Waals surface area (Å²) >= 11 is 0. The van der Waals surface area contributed by atoms with Gasteiger partial charge in [-0.25, -0.2) is 4.39 Å². The number of hydrogen-bond acceptors (Lipinski definition) is 4. The molecule has 0 bridgehead atoms. The van der Waals surface area contributed by atoms with Gasteiger partial charge in [0.1, 0.15) is 23.9 Å². The molecule has 0 aliphatic carbocycles. The lowest BCUT2D eigenvalue weighted by atomic mass is 10.1. The van der Waals surface area contributed by atoms with Gasteiger partial charge < -0.3 is 19.4 Å². The third kappa shape index (κ3) is 4.26. The van der Waals surface area contributed by atoms with Crippen molar-refractivity contribution in [2.75, 3.05) is 25.6 Å². The van der Waals surface area contributed by atoms with E-state index < -0.39 is 5.82 Å². The van der Waals surface area contributed by atoms with Crippen molar-refractivity contribution in [1.29, 1.82) is 0 Å². The van der Waals surface area contributed by atoms with Gasteiger partial charge in [0.2, 0.25) is 5.91 Å². The molecule has 0 atom stereocenters. The van der Waals surface area contributed by atoms with Crippen molar-refractivity contribution in [2.24, 2.45) is 0 Å². The number of fused-ring (bicyclic) bond motifs is 1. The molecule has 1 aliphatic rings. The largest absolute Gasteiger partial charge is 0.461 e. The van der Waals surface area contributed by atoms with Crippen molar-refractivity contribution in [3.8, 4) is 11.3 Å². The molecule has 0 spiro atoms. The Hall–Kier alpha value is -3.45. The molecule has 154 valence electrons. The van der Waals surface area contributed by atoms with Crippen LogP contribution in [0.25, 0.3) is 11.3 Å². The highest BCUT2D eigenvalue weighted by molar-refractivity contribution is 5.94. The van der Waals surface area contributed by atoms with Crippen LogP contribution in [0.15, 0.2) is 59.0 Å². The van der Waals surface area contributed by atoms with Crippen LogP contribution in [0, 0.1) is 5.82 Å². The molecule has 2 amide bonds. The molecule has 30 heavy (non-hydrogen) atoms. The highest BCUT2D eigenvalue weighted by Gasteiger charge is 2.25. The molecule has 0 fully saturated rings. The Labute approximate surface area is 173 Å². The van der Waals surface area contributed by atoms with Crippen LogP contribution in [0.4, 0.5) is 10.1 Å². The Morgan fingerprint density at radius 1 is 1.17 bits per heavy atom. The normalized spacial score (nSPS) is 13.1. The predicted octanol–water partition coefficient (Wildman–Crippen LogP) is 3.87. The van der Waals surface area contributed by atoms with Gasteiger partial charge in [0.05, 0.1) is 0 Å². The average molecular weight is 408 g/mol. The Morgan fingerprint density at radius 2 is 2.00 bits per heavy atom. The monoisotopic (exact) mass is 408 g/mol. The number of ether oxygens (including phenoxy) is 1. The second-order valence-corrected chi connectivity index (χ2v) is 7.11. The third-order valence-corrected chi connectivity index (χ3v) is 4.93. The lowest BCUT2D eigenvalue weighted by Gasteiger charge is -2.26. The first-order valence-electron chi connectivity index (χ1n) is 9.59. The molecule has 4 rings (SSSR count). The minimum atomic E-state index is -0.429. The summed E-state index contributed by atoms with van der Waals surface area (Å²) in [4.78, 5) is 26.1. The average Bonchev–Trinajstić information content (AvgIpc) is 3.17. The fraction of sp³-hybridized carbons (Fsp3) is 0.217. The molecule has 0 unspecified atom stereocenters. The number of rotatable bonds is 5. The second kappa shape index (κ2) is 8.51. The molecule has 0 saturated carbocycles. The van der Waals surface area contributed by atoms with Gasteiger partial charge in [-0.1, -0.05) is 18.2 Å². The van der Waals surface area contributed by atoms with E-state index in [1.54, 1.807) is 17.0 Å². The molecule has 6 nitrogen and oxygen atoms in total. The van der Waals surface area contributed by atoms with Crippen LogP contribution < -0.4 is 5.32 Å². The summed E-state index contributed by atoms with van der Waals surface area (Å²) in [6, 6.07) is 15.0. The highest BCUT2D eigenvalue weighted by Crippen LogP contribution is 2.31. The Kier molecular flexibility index (Phi) is 5.63. The summed E-state index contributed by atoms with van der Waals surface area (Å²) in [5.74, 6) is 0.636. The van der Waals surface area contributed by atoms with E-state index in [-0.39, 0.29) is 18.4 Å². The molecule has 1 N–H and O–H groups in total. The van der Waals surface area contributed by atoms with Crippen LogP contribution >= 0.6 is 0 Å². The van der Waals surface area contributed by atoms with Crippen LogP contribution in [0.5, 0.6) is 0 Å². The summed E-state index contributed by atoms with van der Waals surface area (Å²) < 4.78 is 24.3. The maximum Gasteiger partial charge on any atom is 0.254 e. The number of anilines is 1. The SMILES string of the molecule is COCC(=O)Nc1cccc(-c2cc3c(o2)CCN(C(=O)c2cccc(F)c2)C3)c1.